The fraction of sp³-hybridized carbons (Fsp3) is 0.412. The Morgan fingerprint density at radius 2 is 1.77 bits per heavy atom. The Bertz CT molecular complexity index is 549. The van der Waals surface area contributed by atoms with E-state index >= 15 is 0 Å². The Balaban J connectivity index is 1.81. The molecule has 0 atom stereocenters. The van der Waals surface area contributed by atoms with Gasteiger partial charge in [0, 0.05) is 24.5 Å². The lowest BCUT2D eigenvalue weighted by molar-refractivity contribution is -0.114. The van der Waals surface area contributed by atoms with Crippen LogP contribution >= 0.6 is 0 Å². The van der Waals surface area contributed by atoms with Crippen molar-refractivity contribution in [2.75, 3.05) is 10.6 Å². The van der Waals surface area contributed by atoms with E-state index in [2.05, 4.69) is 22.0 Å². The summed E-state index contributed by atoms with van der Waals surface area (Å²) in [6.45, 7) is 1.45. The first-order valence-electron chi connectivity index (χ1n) is 7.75. The molecule has 3 amide bonds. The first kappa shape index (κ1) is 16.1. The van der Waals surface area contributed by atoms with Crippen molar-refractivity contribution in [2.45, 2.75) is 39.0 Å². The van der Waals surface area contributed by atoms with E-state index in [1.54, 1.807) is 30.5 Å². The van der Waals surface area contributed by atoms with Crippen molar-refractivity contribution in [2.24, 2.45) is 5.92 Å². The fourth-order valence-electron chi connectivity index (χ4n) is 2.63. The highest BCUT2D eigenvalue weighted by molar-refractivity contribution is 5.92. The van der Waals surface area contributed by atoms with E-state index in [-0.39, 0.29) is 11.9 Å². The van der Waals surface area contributed by atoms with Gasteiger partial charge in [-0.15, -0.1) is 0 Å². The van der Waals surface area contributed by atoms with E-state index in [1.165, 1.54) is 39.0 Å². The zero-order valence-corrected chi connectivity index (χ0v) is 12.9. The minimum absolute atomic E-state index is 0.142. The SMILES string of the molecule is CC(=O)Nc1cccc(NC(=O)N/C=C/C2CCCCC2)c1. The minimum Gasteiger partial charge on any atom is -0.326 e. The maximum absolute atomic E-state index is 11.8. The number of amides is 3. The second-order valence-corrected chi connectivity index (χ2v) is 5.62. The van der Waals surface area contributed by atoms with Gasteiger partial charge in [0.15, 0.2) is 0 Å². The molecule has 5 heteroatoms. The molecule has 0 aliphatic heterocycles. The standard InChI is InChI=1S/C17H23N3O2/c1-13(21)19-15-8-5-9-16(12-15)20-17(22)18-11-10-14-6-3-2-4-7-14/h5,8-12,14H,2-4,6-7H2,1H3,(H,19,21)(H2,18,20,22)/b11-10+. The lowest BCUT2D eigenvalue weighted by Crippen LogP contribution is -2.24. The molecule has 1 aliphatic carbocycles. The lowest BCUT2D eigenvalue weighted by Gasteiger charge is -2.17. The molecule has 2 rings (SSSR count). The summed E-state index contributed by atoms with van der Waals surface area (Å²) < 4.78 is 0. The first-order chi connectivity index (χ1) is 10.6. The molecular formula is C17H23N3O2. The Hall–Kier alpha value is -2.30. The summed E-state index contributed by atoms with van der Waals surface area (Å²) in [4.78, 5) is 22.8. The maximum Gasteiger partial charge on any atom is 0.323 e. The monoisotopic (exact) mass is 301 g/mol. The van der Waals surface area contributed by atoms with Crippen LogP contribution in [0.5, 0.6) is 0 Å². The summed E-state index contributed by atoms with van der Waals surface area (Å²) in [6, 6.07) is 6.75. The molecule has 0 bridgehead atoms. The summed E-state index contributed by atoms with van der Waals surface area (Å²) in [5, 5.41) is 8.14. The third kappa shape index (κ3) is 5.60. The van der Waals surface area contributed by atoms with Crippen LogP contribution in [0.1, 0.15) is 39.0 Å². The molecule has 0 radical (unpaired) electrons. The number of carbonyl (C=O) groups excluding carboxylic acids is 2. The first-order valence-corrected chi connectivity index (χ1v) is 7.75. The van der Waals surface area contributed by atoms with Gasteiger partial charge in [-0.2, -0.15) is 0 Å². The second kappa shape index (κ2) is 8.22. The molecule has 0 aromatic heterocycles. The van der Waals surface area contributed by atoms with E-state index in [0.29, 0.717) is 17.3 Å². The van der Waals surface area contributed by atoms with Gasteiger partial charge in [0.05, 0.1) is 0 Å². The fourth-order valence-corrected chi connectivity index (χ4v) is 2.63. The van der Waals surface area contributed by atoms with Gasteiger partial charge in [0.1, 0.15) is 0 Å². The summed E-state index contributed by atoms with van der Waals surface area (Å²) in [7, 11) is 0. The van der Waals surface area contributed by atoms with Crippen molar-refractivity contribution in [1.82, 2.24) is 5.32 Å². The lowest BCUT2D eigenvalue weighted by atomic mass is 9.89. The maximum atomic E-state index is 11.8. The predicted molar refractivity (Wildman–Crippen MR) is 88.6 cm³/mol. The number of hydrogen-bond donors (Lipinski definition) is 3. The van der Waals surface area contributed by atoms with Crippen LogP contribution in [0.4, 0.5) is 16.2 Å². The molecule has 0 spiro atoms. The Kier molecular flexibility index (Phi) is 6.01. The van der Waals surface area contributed by atoms with Gasteiger partial charge in [-0.1, -0.05) is 31.4 Å². The number of nitrogens with one attached hydrogen (secondary N) is 3. The molecule has 1 fully saturated rings. The van der Waals surface area contributed by atoms with Gasteiger partial charge < -0.3 is 16.0 Å². The van der Waals surface area contributed by atoms with E-state index in [1.807, 2.05) is 0 Å². The molecule has 0 heterocycles. The van der Waals surface area contributed by atoms with Crippen LogP contribution in [0, 0.1) is 5.92 Å². The van der Waals surface area contributed by atoms with Crippen LogP contribution < -0.4 is 16.0 Å². The van der Waals surface area contributed by atoms with Crippen LogP contribution in [-0.2, 0) is 4.79 Å². The van der Waals surface area contributed by atoms with E-state index in [9.17, 15) is 9.59 Å². The molecule has 5 nitrogen and oxygen atoms in total. The zero-order valence-electron chi connectivity index (χ0n) is 12.9. The average molecular weight is 301 g/mol. The zero-order chi connectivity index (χ0) is 15.8. The number of carbonyl (C=O) groups is 2. The van der Waals surface area contributed by atoms with Crippen LogP contribution in [0.15, 0.2) is 36.5 Å². The molecule has 0 unspecified atom stereocenters. The predicted octanol–water partition coefficient (Wildman–Crippen LogP) is 3.86. The molecule has 3 N–H and O–H groups in total. The van der Waals surface area contributed by atoms with Gasteiger partial charge >= 0.3 is 6.03 Å². The average Bonchev–Trinajstić information content (AvgIpc) is 2.48. The quantitative estimate of drug-likeness (QED) is 0.790. The largest absolute Gasteiger partial charge is 0.326 e. The van der Waals surface area contributed by atoms with Gasteiger partial charge in [-0.25, -0.2) is 4.79 Å². The van der Waals surface area contributed by atoms with E-state index in [0.717, 1.165) is 0 Å². The number of anilines is 2. The smallest absolute Gasteiger partial charge is 0.323 e. The van der Waals surface area contributed by atoms with E-state index in [4.69, 9.17) is 0 Å². The van der Waals surface area contributed by atoms with Gasteiger partial charge in [0.2, 0.25) is 5.91 Å². The Morgan fingerprint density at radius 3 is 2.45 bits per heavy atom. The number of benzene rings is 1. The summed E-state index contributed by atoms with van der Waals surface area (Å²) in [5.74, 6) is 0.439. The van der Waals surface area contributed by atoms with Gasteiger partial charge in [-0.05, 0) is 37.0 Å². The summed E-state index contributed by atoms with van der Waals surface area (Å²) in [5.41, 5.74) is 1.29. The number of urea groups is 1. The minimum atomic E-state index is -0.285. The van der Waals surface area contributed by atoms with Gasteiger partial charge in [0.25, 0.3) is 0 Å². The highest BCUT2D eigenvalue weighted by Crippen LogP contribution is 2.24. The Labute approximate surface area is 131 Å². The second-order valence-electron chi connectivity index (χ2n) is 5.62. The van der Waals surface area contributed by atoms with Crippen LogP contribution in [0.3, 0.4) is 0 Å². The van der Waals surface area contributed by atoms with Crippen LogP contribution in [0.2, 0.25) is 0 Å². The number of rotatable bonds is 4. The van der Waals surface area contributed by atoms with Crippen molar-refractivity contribution >= 4 is 23.3 Å². The van der Waals surface area contributed by atoms with Crippen molar-refractivity contribution in [3.05, 3.63) is 36.5 Å². The van der Waals surface area contributed by atoms with Crippen LogP contribution in [0.25, 0.3) is 0 Å². The van der Waals surface area contributed by atoms with Crippen molar-refractivity contribution in [1.29, 1.82) is 0 Å². The summed E-state index contributed by atoms with van der Waals surface area (Å²) >= 11 is 0. The van der Waals surface area contributed by atoms with Gasteiger partial charge in [-0.3, -0.25) is 4.79 Å². The topological polar surface area (TPSA) is 70.2 Å². The van der Waals surface area contributed by atoms with Crippen molar-refractivity contribution < 1.29 is 9.59 Å². The third-order valence-corrected chi connectivity index (χ3v) is 3.67. The van der Waals surface area contributed by atoms with Crippen LogP contribution in [-0.4, -0.2) is 11.9 Å². The van der Waals surface area contributed by atoms with Crippen molar-refractivity contribution in [3.63, 3.8) is 0 Å². The third-order valence-electron chi connectivity index (χ3n) is 3.67. The molecule has 1 aromatic rings. The van der Waals surface area contributed by atoms with Crippen molar-refractivity contribution in [3.8, 4) is 0 Å². The number of allylic oxidation sites excluding steroid dienone is 1. The number of hydrogen-bond acceptors (Lipinski definition) is 2. The highest BCUT2D eigenvalue weighted by atomic mass is 16.2. The summed E-state index contributed by atoms with van der Waals surface area (Å²) in [6.07, 6.45) is 10.1. The molecular weight excluding hydrogens is 278 g/mol. The highest BCUT2D eigenvalue weighted by Gasteiger charge is 2.09. The normalized spacial score (nSPS) is 15.5. The molecule has 1 aromatic carbocycles. The molecule has 118 valence electrons. The molecule has 22 heavy (non-hydrogen) atoms. The molecule has 1 aliphatic rings. The van der Waals surface area contributed by atoms with E-state index < -0.39 is 0 Å². The molecule has 1 saturated carbocycles. The molecule has 0 saturated heterocycles. The Morgan fingerprint density at radius 1 is 1.09 bits per heavy atom.